The third kappa shape index (κ3) is 16.9. The summed E-state index contributed by atoms with van der Waals surface area (Å²) in [6.07, 6.45) is -32.7. The van der Waals surface area contributed by atoms with Crippen LogP contribution in [-0.2, 0) is 27.3 Å². The number of aliphatic hydroxyl groups is 1. The number of rotatable bonds is 7. The summed E-state index contributed by atoms with van der Waals surface area (Å²) in [7, 11) is 0. The maximum Gasteiger partial charge on any atom is 0.434 e. The molecule has 0 aromatic heterocycles. The predicted octanol–water partition coefficient (Wildman–Crippen LogP) is 6.92. The average molecular weight is 929 g/mol. The van der Waals surface area contributed by atoms with Crippen LogP contribution in [0.15, 0.2) is 36.4 Å². The van der Waals surface area contributed by atoms with Gasteiger partial charge < -0.3 is 39.3 Å². The SMILES string of the molecule is C.Cc1ccc(CN2CCN(C(=O)OC(C(F)(F)F)C(F)(F)F)CC2)c(N2CCOCC2)c1.Cc1ccc(CN2CCNCC2)c(N2CCOCC2)c1.OC(C(F)(F)F)C(F)(F)F. The van der Waals surface area contributed by atoms with E-state index in [-0.39, 0.29) is 20.5 Å². The molecular formula is C40H56F12N6O5. The van der Waals surface area contributed by atoms with Crippen molar-refractivity contribution in [3.05, 3.63) is 58.7 Å². The maximum atomic E-state index is 12.6. The van der Waals surface area contributed by atoms with Gasteiger partial charge in [-0.25, -0.2) is 4.79 Å². The van der Waals surface area contributed by atoms with Gasteiger partial charge in [0.25, 0.3) is 6.10 Å². The van der Waals surface area contributed by atoms with Gasteiger partial charge in [0, 0.05) is 103 Å². The highest BCUT2D eigenvalue weighted by molar-refractivity contribution is 5.68. The molecular weight excluding hydrogens is 872 g/mol. The molecule has 0 radical (unpaired) electrons. The number of hydrogen-bond donors (Lipinski definition) is 2. The lowest BCUT2D eigenvalue weighted by atomic mass is 10.1. The number of halogens is 12. The van der Waals surface area contributed by atoms with Crippen molar-refractivity contribution in [3.63, 3.8) is 0 Å². The number of aliphatic hydroxyl groups excluding tert-OH is 1. The smallest absolute Gasteiger partial charge is 0.426 e. The molecule has 11 nitrogen and oxygen atoms in total. The second kappa shape index (κ2) is 23.4. The Hall–Kier alpha value is -3.77. The quantitative estimate of drug-likeness (QED) is 0.286. The van der Waals surface area contributed by atoms with E-state index in [4.69, 9.17) is 14.6 Å². The number of alkyl halides is 12. The average Bonchev–Trinajstić information content (AvgIpc) is 3.21. The molecule has 0 spiro atoms. The maximum absolute atomic E-state index is 12.6. The van der Waals surface area contributed by atoms with E-state index < -0.39 is 43.0 Å². The molecule has 4 saturated heterocycles. The number of amides is 1. The first-order chi connectivity index (χ1) is 28.9. The Kier molecular flexibility index (Phi) is 19.9. The fourth-order valence-electron chi connectivity index (χ4n) is 6.93. The first-order valence-corrected chi connectivity index (χ1v) is 19.8. The number of hydrogen-bond acceptors (Lipinski definition) is 10. The standard InChI is InChI=1S/C20H25F6N3O3.C16H25N3O.C3H2F6O.CH4/c1-14-2-3-15(16(12-14)28-8-10-31-11-9-28)13-27-4-6-29(7-5-27)18(30)32-17(19(21,22)23)20(24,25)26;1-14-2-3-15(13-18-6-4-17-5-7-18)16(12-14)19-8-10-20-11-9-19;4-2(5,6)1(10)3(7,8)9;/h2-3,12,17H,4-11,13H2,1H3;2-3,12,17H,4-11,13H2,1H3;1,10H;1H4. The van der Waals surface area contributed by atoms with Gasteiger partial charge in [0.05, 0.1) is 26.4 Å². The Morgan fingerprint density at radius 1 is 0.619 bits per heavy atom. The van der Waals surface area contributed by atoms with E-state index in [1.165, 1.54) is 16.8 Å². The Morgan fingerprint density at radius 3 is 1.35 bits per heavy atom. The van der Waals surface area contributed by atoms with Gasteiger partial charge in [-0.15, -0.1) is 0 Å². The first-order valence-electron chi connectivity index (χ1n) is 19.8. The lowest BCUT2D eigenvalue weighted by molar-refractivity contribution is -0.309. The van der Waals surface area contributed by atoms with Crippen LogP contribution in [-0.4, -0.2) is 168 Å². The summed E-state index contributed by atoms with van der Waals surface area (Å²) in [5.74, 6) is 0. The van der Waals surface area contributed by atoms with E-state index in [9.17, 15) is 57.5 Å². The first kappa shape index (κ1) is 53.6. The number of piperazine rings is 2. The Balaban J connectivity index is 0.000000289. The van der Waals surface area contributed by atoms with Gasteiger partial charge in [0.1, 0.15) is 0 Å². The van der Waals surface area contributed by atoms with E-state index >= 15 is 0 Å². The molecule has 0 unspecified atom stereocenters. The number of morpholine rings is 2. The van der Waals surface area contributed by atoms with Crippen molar-refractivity contribution in [1.82, 2.24) is 20.0 Å². The third-order valence-electron chi connectivity index (χ3n) is 10.2. The van der Waals surface area contributed by atoms with Gasteiger partial charge in [0.2, 0.25) is 6.10 Å². The molecule has 360 valence electrons. The van der Waals surface area contributed by atoms with Crippen molar-refractivity contribution in [2.45, 2.75) is 71.3 Å². The van der Waals surface area contributed by atoms with Gasteiger partial charge in [-0.2, -0.15) is 52.7 Å². The molecule has 4 fully saturated rings. The topological polar surface area (TPSA) is 93.2 Å². The van der Waals surface area contributed by atoms with Gasteiger partial charge >= 0.3 is 30.8 Å². The number of carbonyl (C=O) groups excluding carboxylic acids is 1. The second-order valence-corrected chi connectivity index (χ2v) is 15.1. The molecule has 2 N–H and O–H groups in total. The van der Waals surface area contributed by atoms with Gasteiger partial charge in [-0.05, 0) is 48.2 Å². The van der Waals surface area contributed by atoms with E-state index in [0.717, 1.165) is 93.8 Å². The largest absolute Gasteiger partial charge is 0.434 e. The number of aryl methyl sites for hydroxylation is 2. The highest BCUT2D eigenvalue weighted by Crippen LogP contribution is 2.36. The molecule has 6 rings (SSSR count). The molecule has 1 amide bonds. The summed E-state index contributed by atoms with van der Waals surface area (Å²) in [5, 5.41) is 10.9. The van der Waals surface area contributed by atoms with Crippen molar-refractivity contribution >= 4 is 17.5 Å². The van der Waals surface area contributed by atoms with Gasteiger partial charge in [-0.1, -0.05) is 31.7 Å². The number of ether oxygens (including phenoxy) is 3. The number of benzene rings is 2. The minimum absolute atomic E-state index is 0. The predicted molar refractivity (Wildman–Crippen MR) is 211 cm³/mol. The minimum Gasteiger partial charge on any atom is -0.426 e. The summed E-state index contributed by atoms with van der Waals surface area (Å²) in [6, 6.07) is 13.0. The monoisotopic (exact) mass is 928 g/mol. The molecule has 4 aliphatic heterocycles. The molecule has 0 saturated carbocycles. The molecule has 2 aromatic carbocycles. The van der Waals surface area contributed by atoms with Crippen molar-refractivity contribution < 1.29 is 76.8 Å². The fourth-order valence-corrected chi connectivity index (χ4v) is 6.93. The van der Waals surface area contributed by atoms with Crippen LogP contribution in [0.5, 0.6) is 0 Å². The molecule has 4 aliphatic rings. The van der Waals surface area contributed by atoms with Crippen LogP contribution in [0.3, 0.4) is 0 Å². The van der Waals surface area contributed by atoms with E-state index in [1.54, 1.807) is 0 Å². The van der Waals surface area contributed by atoms with Crippen molar-refractivity contribution in [3.8, 4) is 0 Å². The summed E-state index contributed by atoms with van der Waals surface area (Å²) >= 11 is 0. The lowest BCUT2D eigenvalue weighted by Crippen LogP contribution is -2.52. The lowest BCUT2D eigenvalue weighted by Gasteiger charge is -2.36. The van der Waals surface area contributed by atoms with Crippen molar-refractivity contribution in [2.75, 3.05) is 115 Å². The summed E-state index contributed by atoms with van der Waals surface area (Å²) in [4.78, 5) is 22.1. The fraction of sp³-hybridized carbons (Fsp3) is 0.675. The zero-order valence-electron chi connectivity index (χ0n) is 34.2. The molecule has 0 aliphatic carbocycles. The van der Waals surface area contributed by atoms with Crippen LogP contribution in [0.4, 0.5) is 68.9 Å². The number of carbonyl (C=O) groups is 1. The number of nitrogens with zero attached hydrogens (tertiary/aromatic N) is 5. The van der Waals surface area contributed by atoms with Gasteiger partial charge in [-0.3, -0.25) is 9.80 Å². The Labute approximate surface area is 358 Å². The minimum atomic E-state index is -5.73. The number of nitrogens with one attached hydrogen (secondary N) is 1. The van der Waals surface area contributed by atoms with Crippen LogP contribution in [0, 0.1) is 13.8 Å². The Morgan fingerprint density at radius 2 is 1.00 bits per heavy atom. The zero-order chi connectivity index (χ0) is 45.9. The highest BCUT2D eigenvalue weighted by atomic mass is 19.4. The van der Waals surface area contributed by atoms with Gasteiger partial charge in [0.15, 0.2) is 0 Å². The number of anilines is 2. The summed E-state index contributed by atoms with van der Waals surface area (Å²) < 4.78 is 156. The Bertz CT molecular complexity index is 1660. The summed E-state index contributed by atoms with van der Waals surface area (Å²) in [6.45, 7) is 17.3. The second-order valence-electron chi connectivity index (χ2n) is 15.1. The van der Waals surface area contributed by atoms with Crippen molar-refractivity contribution in [1.29, 1.82) is 0 Å². The normalized spacial score (nSPS) is 18.6. The third-order valence-corrected chi connectivity index (χ3v) is 10.2. The highest BCUT2D eigenvalue weighted by Gasteiger charge is 2.60. The van der Waals surface area contributed by atoms with Crippen LogP contribution >= 0.6 is 0 Å². The van der Waals surface area contributed by atoms with Crippen LogP contribution < -0.4 is 15.1 Å². The van der Waals surface area contributed by atoms with Crippen LogP contribution in [0.2, 0.25) is 0 Å². The molecule has 63 heavy (non-hydrogen) atoms. The van der Waals surface area contributed by atoms with E-state index in [2.05, 4.69) is 55.9 Å². The van der Waals surface area contributed by atoms with Crippen LogP contribution in [0.1, 0.15) is 29.7 Å². The molecule has 2 aromatic rings. The molecule has 0 bridgehead atoms. The zero-order valence-corrected chi connectivity index (χ0v) is 34.2. The molecule has 23 heteroatoms. The molecule has 0 atom stereocenters. The summed E-state index contributed by atoms with van der Waals surface area (Å²) in [5.41, 5.74) is 7.45. The van der Waals surface area contributed by atoms with Crippen molar-refractivity contribution in [2.24, 2.45) is 0 Å². The van der Waals surface area contributed by atoms with E-state index in [0.29, 0.717) is 32.8 Å². The van der Waals surface area contributed by atoms with Crippen LogP contribution in [0.25, 0.3) is 0 Å². The van der Waals surface area contributed by atoms with E-state index in [1.807, 2.05) is 24.0 Å². The molecule has 4 heterocycles.